The SMILES string of the molecule is C=C(Br)CNC(=O)Nc1ccccc1CC(=O)N(C)C. The zero-order valence-corrected chi connectivity index (χ0v) is 13.2. The lowest BCUT2D eigenvalue weighted by Crippen LogP contribution is -2.30. The fraction of sp³-hybridized carbons (Fsp3) is 0.286. The molecule has 0 unspecified atom stereocenters. The highest BCUT2D eigenvalue weighted by Gasteiger charge is 2.11. The average Bonchev–Trinajstić information content (AvgIpc) is 2.38. The zero-order chi connectivity index (χ0) is 15.1. The summed E-state index contributed by atoms with van der Waals surface area (Å²) in [6, 6.07) is 6.89. The van der Waals surface area contributed by atoms with Gasteiger partial charge in [-0.15, -0.1) is 0 Å². The average molecular weight is 340 g/mol. The monoisotopic (exact) mass is 339 g/mol. The lowest BCUT2D eigenvalue weighted by molar-refractivity contribution is -0.127. The van der Waals surface area contributed by atoms with Gasteiger partial charge in [0.05, 0.1) is 13.0 Å². The number of hydrogen-bond acceptors (Lipinski definition) is 2. The minimum atomic E-state index is -0.338. The van der Waals surface area contributed by atoms with E-state index in [0.717, 1.165) is 5.56 Å². The molecule has 0 aromatic heterocycles. The van der Waals surface area contributed by atoms with Gasteiger partial charge in [-0.25, -0.2) is 4.79 Å². The first kappa shape index (κ1) is 16.2. The quantitative estimate of drug-likeness (QED) is 0.864. The molecule has 0 aliphatic carbocycles. The molecule has 0 aliphatic rings. The third kappa shape index (κ3) is 5.44. The van der Waals surface area contributed by atoms with E-state index in [1.807, 2.05) is 18.2 Å². The molecule has 0 aliphatic heterocycles. The van der Waals surface area contributed by atoms with Crippen molar-refractivity contribution >= 4 is 33.6 Å². The third-order valence-corrected chi connectivity index (χ3v) is 2.83. The van der Waals surface area contributed by atoms with Crippen molar-refractivity contribution < 1.29 is 9.59 Å². The standard InChI is InChI=1S/C14H18BrN3O2/c1-10(15)9-16-14(20)17-12-7-5-4-6-11(12)8-13(19)18(2)3/h4-7H,1,8-9H2,2-3H3,(H2,16,17,20). The van der Waals surface area contributed by atoms with Gasteiger partial charge in [0, 0.05) is 24.3 Å². The van der Waals surface area contributed by atoms with Crippen LogP contribution in [-0.4, -0.2) is 37.5 Å². The van der Waals surface area contributed by atoms with Crippen molar-refractivity contribution in [1.29, 1.82) is 0 Å². The van der Waals surface area contributed by atoms with Gasteiger partial charge in [-0.3, -0.25) is 4.79 Å². The number of urea groups is 1. The lowest BCUT2D eigenvalue weighted by atomic mass is 10.1. The number of carbonyl (C=O) groups excluding carboxylic acids is 2. The summed E-state index contributed by atoms with van der Waals surface area (Å²) in [5.41, 5.74) is 1.40. The van der Waals surface area contributed by atoms with Crippen LogP contribution < -0.4 is 10.6 Å². The molecule has 5 nitrogen and oxygen atoms in total. The maximum absolute atomic E-state index is 11.7. The van der Waals surface area contributed by atoms with Crippen molar-refractivity contribution in [1.82, 2.24) is 10.2 Å². The Balaban J connectivity index is 2.72. The summed E-state index contributed by atoms with van der Waals surface area (Å²) in [6.45, 7) is 3.97. The first-order chi connectivity index (χ1) is 9.40. The van der Waals surface area contributed by atoms with E-state index in [2.05, 4.69) is 33.1 Å². The van der Waals surface area contributed by atoms with Crippen LogP contribution >= 0.6 is 15.9 Å². The van der Waals surface area contributed by atoms with Crippen molar-refractivity contribution in [3.8, 4) is 0 Å². The number of rotatable bonds is 5. The summed E-state index contributed by atoms with van der Waals surface area (Å²) in [4.78, 5) is 25.0. The van der Waals surface area contributed by atoms with E-state index in [-0.39, 0.29) is 18.4 Å². The van der Waals surface area contributed by atoms with Gasteiger partial charge >= 0.3 is 6.03 Å². The fourth-order valence-corrected chi connectivity index (χ4v) is 1.60. The van der Waals surface area contributed by atoms with E-state index in [9.17, 15) is 9.59 Å². The molecule has 6 heteroatoms. The third-order valence-electron chi connectivity index (χ3n) is 2.55. The number of halogens is 1. The molecule has 1 rings (SSSR count). The van der Waals surface area contributed by atoms with Crippen molar-refractivity contribution in [3.63, 3.8) is 0 Å². The molecule has 1 aromatic rings. The summed E-state index contributed by atoms with van der Waals surface area (Å²) in [5.74, 6) is -0.0199. The topological polar surface area (TPSA) is 61.4 Å². The molecule has 0 fully saturated rings. The van der Waals surface area contributed by atoms with Gasteiger partial charge in [-0.2, -0.15) is 0 Å². The second-order valence-electron chi connectivity index (χ2n) is 4.45. The predicted molar refractivity (Wildman–Crippen MR) is 83.9 cm³/mol. The number of hydrogen-bond donors (Lipinski definition) is 2. The molecule has 3 amide bonds. The number of anilines is 1. The Morgan fingerprint density at radius 2 is 1.95 bits per heavy atom. The minimum absolute atomic E-state index is 0.0199. The van der Waals surface area contributed by atoms with Crippen LogP contribution in [0.2, 0.25) is 0 Å². The number of para-hydroxylation sites is 1. The Hall–Kier alpha value is -1.82. The first-order valence-electron chi connectivity index (χ1n) is 6.06. The van der Waals surface area contributed by atoms with E-state index < -0.39 is 0 Å². The largest absolute Gasteiger partial charge is 0.349 e. The van der Waals surface area contributed by atoms with Crippen molar-refractivity contribution in [2.24, 2.45) is 0 Å². The molecular formula is C14H18BrN3O2. The van der Waals surface area contributed by atoms with Gasteiger partial charge in [0.1, 0.15) is 0 Å². The molecule has 1 aromatic carbocycles. The number of benzene rings is 1. The van der Waals surface area contributed by atoms with Crippen LogP contribution in [0.3, 0.4) is 0 Å². The van der Waals surface area contributed by atoms with Crippen LogP contribution in [-0.2, 0) is 11.2 Å². The van der Waals surface area contributed by atoms with Gasteiger partial charge in [0.25, 0.3) is 0 Å². The van der Waals surface area contributed by atoms with Crippen LogP contribution in [0.4, 0.5) is 10.5 Å². The number of carbonyl (C=O) groups is 2. The summed E-state index contributed by atoms with van der Waals surface area (Å²) >= 11 is 3.16. The number of nitrogens with one attached hydrogen (secondary N) is 2. The zero-order valence-electron chi connectivity index (χ0n) is 11.6. The first-order valence-corrected chi connectivity index (χ1v) is 6.85. The van der Waals surface area contributed by atoms with E-state index in [0.29, 0.717) is 16.7 Å². The number of amides is 3. The summed E-state index contributed by atoms with van der Waals surface area (Å²) < 4.78 is 0.684. The molecule has 0 bridgehead atoms. The Labute approximate surface area is 127 Å². The van der Waals surface area contributed by atoms with Crippen LogP contribution in [0.5, 0.6) is 0 Å². The van der Waals surface area contributed by atoms with Crippen molar-refractivity contribution in [3.05, 3.63) is 40.9 Å². The Morgan fingerprint density at radius 1 is 1.30 bits per heavy atom. The molecule has 0 atom stereocenters. The normalized spacial score (nSPS) is 9.75. The van der Waals surface area contributed by atoms with Gasteiger partial charge < -0.3 is 15.5 Å². The summed E-state index contributed by atoms with van der Waals surface area (Å²) in [5, 5.41) is 5.37. The predicted octanol–water partition coefficient (Wildman–Crippen LogP) is 2.35. The number of likely N-dealkylation sites (N-methyl/N-ethyl adjacent to an activating group) is 1. The highest BCUT2D eigenvalue weighted by Crippen LogP contribution is 2.16. The van der Waals surface area contributed by atoms with Crippen LogP contribution in [0.15, 0.2) is 35.3 Å². The van der Waals surface area contributed by atoms with Gasteiger partial charge in [0.2, 0.25) is 5.91 Å². The number of nitrogens with zero attached hydrogens (tertiary/aromatic N) is 1. The van der Waals surface area contributed by atoms with E-state index >= 15 is 0 Å². The molecule has 0 saturated carbocycles. The van der Waals surface area contributed by atoms with Crippen molar-refractivity contribution in [2.75, 3.05) is 26.0 Å². The van der Waals surface area contributed by atoms with Crippen LogP contribution in [0.1, 0.15) is 5.56 Å². The van der Waals surface area contributed by atoms with Crippen LogP contribution in [0, 0.1) is 0 Å². The Morgan fingerprint density at radius 3 is 2.55 bits per heavy atom. The molecule has 20 heavy (non-hydrogen) atoms. The smallest absolute Gasteiger partial charge is 0.319 e. The van der Waals surface area contributed by atoms with Gasteiger partial charge in [-0.1, -0.05) is 40.7 Å². The highest BCUT2D eigenvalue weighted by molar-refractivity contribution is 9.11. The van der Waals surface area contributed by atoms with E-state index in [1.54, 1.807) is 20.2 Å². The second-order valence-corrected chi connectivity index (χ2v) is 5.57. The molecule has 0 radical (unpaired) electrons. The Kier molecular flexibility index (Phi) is 6.24. The molecule has 0 saturated heterocycles. The molecule has 108 valence electrons. The van der Waals surface area contributed by atoms with Gasteiger partial charge in [0.15, 0.2) is 0 Å². The maximum atomic E-state index is 11.7. The molecule has 0 heterocycles. The van der Waals surface area contributed by atoms with Crippen LogP contribution in [0.25, 0.3) is 0 Å². The molecule has 0 spiro atoms. The van der Waals surface area contributed by atoms with Crippen molar-refractivity contribution in [2.45, 2.75) is 6.42 Å². The van der Waals surface area contributed by atoms with E-state index in [4.69, 9.17) is 0 Å². The summed E-state index contributed by atoms with van der Waals surface area (Å²) in [6.07, 6.45) is 0.245. The second kappa shape index (κ2) is 7.69. The summed E-state index contributed by atoms with van der Waals surface area (Å²) in [7, 11) is 3.40. The molecular weight excluding hydrogens is 322 g/mol. The van der Waals surface area contributed by atoms with Gasteiger partial charge in [-0.05, 0) is 11.6 Å². The minimum Gasteiger partial charge on any atom is -0.349 e. The highest BCUT2D eigenvalue weighted by atomic mass is 79.9. The Bertz CT molecular complexity index is 515. The van der Waals surface area contributed by atoms with E-state index in [1.165, 1.54) is 4.90 Å². The fourth-order valence-electron chi connectivity index (χ4n) is 1.46. The maximum Gasteiger partial charge on any atom is 0.319 e. The lowest BCUT2D eigenvalue weighted by Gasteiger charge is -2.14. The molecule has 2 N–H and O–H groups in total.